The maximum atomic E-state index is 13.4. The maximum Gasteiger partial charge on any atom is 0.218 e. The molecular weight excluding hydrogens is 474 g/mol. The molecule has 3 aliphatic heterocycles. The minimum Gasteiger partial charge on any atom is -0.367 e. The van der Waals surface area contributed by atoms with Gasteiger partial charge in [-0.1, -0.05) is 30.3 Å². The van der Waals surface area contributed by atoms with E-state index in [0.717, 1.165) is 60.2 Å². The van der Waals surface area contributed by atoms with E-state index in [4.69, 9.17) is 4.98 Å². The van der Waals surface area contributed by atoms with Crippen molar-refractivity contribution >= 4 is 32.6 Å². The molecule has 0 amide bonds. The number of benzene rings is 1. The number of pyridine rings is 2. The summed E-state index contributed by atoms with van der Waals surface area (Å²) in [5.74, 6) is 1.63. The number of fused-ring (bicyclic) bond motifs is 3. The van der Waals surface area contributed by atoms with Gasteiger partial charge < -0.3 is 10.6 Å². The van der Waals surface area contributed by atoms with Crippen LogP contribution in [0.25, 0.3) is 10.9 Å². The topological polar surface area (TPSA) is 111 Å². The number of hydrazine groups is 1. The van der Waals surface area contributed by atoms with Crippen molar-refractivity contribution in [2.45, 2.75) is 75.1 Å². The fourth-order valence-corrected chi connectivity index (χ4v) is 8.06. The molecule has 1 aromatic carbocycles. The third-order valence-electron chi connectivity index (χ3n) is 7.53. The molecule has 0 spiro atoms. The summed E-state index contributed by atoms with van der Waals surface area (Å²) in [4.78, 5) is 9.48. The van der Waals surface area contributed by atoms with E-state index in [1.165, 1.54) is 0 Å². The minimum absolute atomic E-state index is 0.0240. The first-order chi connectivity index (χ1) is 17.4. The second-order valence-corrected chi connectivity index (χ2v) is 12.2. The molecule has 10 heteroatoms. The Morgan fingerprint density at radius 2 is 1.78 bits per heavy atom. The van der Waals surface area contributed by atoms with E-state index in [1.54, 1.807) is 6.20 Å². The fraction of sp³-hybridized carbons (Fsp3) is 0.462. The van der Waals surface area contributed by atoms with E-state index in [1.807, 2.05) is 52.8 Å². The Morgan fingerprint density at radius 3 is 2.50 bits per heavy atom. The molecule has 3 aromatic rings. The molecular formula is C26H33N7O2S. The van der Waals surface area contributed by atoms with Gasteiger partial charge in [0, 0.05) is 41.8 Å². The van der Waals surface area contributed by atoms with Crippen molar-refractivity contribution in [1.82, 2.24) is 25.1 Å². The molecule has 2 bridgehead atoms. The summed E-state index contributed by atoms with van der Waals surface area (Å²) in [6.45, 7) is 2.14. The average Bonchev–Trinajstić information content (AvgIpc) is 3.39. The van der Waals surface area contributed by atoms with Crippen molar-refractivity contribution in [1.29, 1.82) is 0 Å². The Kier molecular flexibility index (Phi) is 6.28. The van der Waals surface area contributed by atoms with Crippen LogP contribution < -0.4 is 21.5 Å². The number of piperidine rings is 1. The normalized spacial score (nSPS) is 28.4. The molecule has 4 N–H and O–H groups in total. The van der Waals surface area contributed by atoms with Crippen molar-refractivity contribution in [3.05, 3.63) is 60.3 Å². The third-order valence-corrected chi connectivity index (χ3v) is 9.47. The SMILES string of the molecule is CC1CC(Nc2cc3ncccc3c(NC3C[C@H]4CC[C@@H](C3)N4S(=O)(=O)Cc3ccccc3)n2)NN1. The van der Waals surface area contributed by atoms with Gasteiger partial charge in [0.2, 0.25) is 10.0 Å². The van der Waals surface area contributed by atoms with E-state index < -0.39 is 10.0 Å². The van der Waals surface area contributed by atoms with Crippen molar-refractivity contribution in [2.75, 3.05) is 10.6 Å². The molecule has 3 saturated heterocycles. The van der Waals surface area contributed by atoms with E-state index >= 15 is 0 Å². The van der Waals surface area contributed by atoms with Crippen LogP contribution in [-0.4, -0.2) is 53.0 Å². The zero-order chi connectivity index (χ0) is 24.7. The van der Waals surface area contributed by atoms with Crippen molar-refractivity contribution < 1.29 is 8.42 Å². The molecule has 0 saturated carbocycles. The summed E-state index contributed by atoms with van der Waals surface area (Å²) in [5, 5.41) is 8.11. The molecule has 36 heavy (non-hydrogen) atoms. The van der Waals surface area contributed by atoms with Gasteiger partial charge in [0.25, 0.3) is 0 Å². The summed E-state index contributed by atoms with van der Waals surface area (Å²) in [7, 11) is -3.37. The van der Waals surface area contributed by atoms with Gasteiger partial charge in [-0.15, -0.1) is 0 Å². The van der Waals surface area contributed by atoms with Crippen molar-refractivity contribution in [2.24, 2.45) is 0 Å². The largest absolute Gasteiger partial charge is 0.367 e. The summed E-state index contributed by atoms with van der Waals surface area (Å²) in [5.41, 5.74) is 8.20. The highest BCUT2D eigenvalue weighted by molar-refractivity contribution is 7.88. The second-order valence-electron chi connectivity index (χ2n) is 10.3. The third kappa shape index (κ3) is 4.78. The lowest BCUT2D eigenvalue weighted by Gasteiger charge is -2.38. The van der Waals surface area contributed by atoms with Crippen LogP contribution in [0.5, 0.6) is 0 Å². The number of sulfonamides is 1. The van der Waals surface area contributed by atoms with Gasteiger partial charge in [0.05, 0.1) is 17.4 Å². The predicted molar refractivity (Wildman–Crippen MR) is 142 cm³/mol. The van der Waals surface area contributed by atoms with Crippen LogP contribution in [0.3, 0.4) is 0 Å². The number of aromatic nitrogens is 2. The first-order valence-corrected chi connectivity index (χ1v) is 14.4. The number of hydrogen-bond acceptors (Lipinski definition) is 8. The molecule has 9 nitrogen and oxygen atoms in total. The van der Waals surface area contributed by atoms with Gasteiger partial charge in [-0.3, -0.25) is 10.4 Å². The highest BCUT2D eigenvalue weighted by Crippen LogP contribution is 2.40. The smallest absolute Gasteiger partial charge is 0.218 e. The lowest BCUT2D eigenvalue weighted by molar-refractivity contribution is 0.234. The zero-order valence-electron chi connectivity index (χ0n) is 20.4. The Balaban J connectivity index is 1.20. The standard InChI is InChI=1S/C26H33N7O2S/c1-17-12-25(32-31-17)29-24-15-23-22(8-5-11-27-23)26(30-24)28-19-13-20-9-10-21(14-19)33(20)36(34,35)16-18-6-3-2-4-7-18/h2-8,11,15,17,19-21,25,31-32H,9-10,12-14,16H2,1H3,(H2,28,29,30)/t17?,19?,20-,21+,25?. The van der Waals surface area contributed by atoms with Gasteiger partial charge in [0.15, 0.2) is 0 Å². The van der Waals surface area contributed by atoms with E-state index in [2.05, 4.69) is 33.4 Å². The minimum atomic E-state index is -3.37. The van der Waals surface area contributed by atoms with Crippen molar-refractivity contribution in [3.63, 3.8) is 0 Å². The molecule has 3 fully saturated rings. The van der Waals surface area contributed by atoms with Gasteiger partial charge >= 0.3 is 0 Å². The second kappa shape index (κ2) is 9.59. The van der Waals surface area contributed by atoms with Crippen LogP contribution in [0.2, 0.25) is 0 Å². The van der Waals surface area contributed by atoms with Gasteiger partial charge in [-0.2, -0.15) is 4.31 Å². The number of nitrogens with zero attached hydrogens (tertiary/aromatic N) is 3. The maximum absolute atomic E-state index is 13.4. The molecule has 3 unspecified atom stereocenters. The van der Waals surface area contributed by atoms with Crippen LogP contribution in [0.1, 0.15) is 44.6 Å². The first-order valence-electron chi connectivity index (χ1n) is 12.8. The Morgan fingerprint density at radius 1 is 1.00 bits per heavy atom. The monoisotopic (exact) mass is 507 g/mol. The molecule has 6 rings (SSSR count). The van der Waals surface area contributed by atoms with Crippen LogP contribution >= 0.6 is 0 Å². The van der Waals surface area contributed by atoms with Gasteiger partial charge in [0.1, 0.15) is 11.6 Å². The van der Waals surface area contributed by atoms with Crippen molar-refractivity contribution in [3.8, 4) is 0 Å². The average molecular weight is 508 g/mol. The molecule has 0 aliphatic carbocycles. The quantitative estimate of drug-likeness (QED) is 0.386. The number of hydrogen-bond donors (Lipinski definition) is 4. The summed E-state index contributed by atoms with van der Waals surface area (Å²) < 4.78 is 28.5. The fourth-order valence-electron chi connectivity index (χ4n) is 6.01. The van der Waals surface area contributed by atoms with E-state index in [0.29, 0.717) is 6.04 Å². The lowest BCUT2D eigenvalue weighted by atomic mass is 9.99. The summed E-state index contributed by atoms with van der Waals surface area (Å²) in [6.07, 6.45) is 6.21. The molecule has 3 aliphatic rings. The Labute approximate surface area is 212 Å². The predicted octanol–water partition coefficient (Wildman–Crippen LogP) is 3.19. The highest BCUT2D eigenvalue weighted by Gasteiger charge is 2.46. The summed E-state index contributed by atoms with van der Waals surface area (Å²) in [6, 6.07) is 16.0. The zero-order valence-corrected chi connectivity index (χ0v) is 21.2. The van der Waals surface area contributed by atoms with Crippen LogP contribution in [0.15, 0.2) is 54.7 Å². The summed E-state index contributed by atoms with van der Waals surface area (Å²) >= 11 is 0. The Hall–Kier alpha value is -2.79. The number of anilines is 2. The molecule has 2 aromatic heterocycles. The van der Waals surface area contributed by atoms with Gasteiger partial charge in [-0.25, -0.2) is 18.8 Å². The molecule has 0 radical (unpaired) electrons. The first kappa shape index (κ1) is 23.6. The highest BCUT2D eigenvalue weighted by atomic mass is 32.2. The van der Waals surface area contributed by atoms with Crippen LogP contribution in [0.4, 0.5) is 11.6 Å². The van der Waals surface area contributed by atoms with E-state index in [-0.39, 0.29) is 30.0 Å². The Bertz CT molecular complexity index is 1320. The van der Waals surface area contributed by atoms with E-state index in [9.17, 15) is 8.42 Å². The number of nitrogens with one attached hydrogen (secondary N) is 4. The van der Waals surface area contributed by atoms with Crippen LogP contribution in [-0.2, 0) is 15.8 Å². The molecule has 5 atom stereocenters. The number of rotatable bonds is 7. The lowest BCUT2D eigenvalue weighted by Crippen LogP contribution is -2.50. The molecule has 190 valence electrons. The molecule has 5 heterocycles. The van der Waals surface area contributed by atoms with Gasteiger partial charge in [-0.05, 0) is 56.7 Å². The van der Waals surface area contributed by atoms with Crippen LogP contribution in [0, 0.1) is 0 Å².